The largest absolute Gasteiger partial charge is 0.110 e. The van der Waals surface area contributed by atoms with Crippen molar-refractivity contribution in [1.29, 1.82) is 0 Å². The first-order chi connectivity index (χ1) is 5.11. The van der Waals surface area contributed by atoms with Gasteiger partial charge in [0.2, 0.25) is 0 Å². The van der Waals surface area contributed by atoms with E-state index in [9.17, 15) is 0 Å². The third-order valence-corrected chi connectivity index (χ3v) is 3.42. The fourth-order valence-electron chi connectivity index (χ4n) is 1.94. The van der Waals surface area contributed by atoms with E-state index in [0.717, 1.165) is 21.5 Å². The molecule has 0 saturated carbocycles. The van der Waals surface area contributed by atoms with Gasteiger partial charge in [0.05, 0.1) is 0 Å². The number of alkyl halides is 1. The van der Waals surface area contributed by atoms with Crippen molar-refractivity contribution < 1.29 is 0 Å². The highest BCUT2D eigenvalue weighted by atomic mass is 127. The Labute approximate surface area is 85.2 Å². The summed E-state index contributed by atoms with van der Waals surface area (Å²) in [6.45, 7) is 2.31. The van der Waals surface area contributed by atoms with Crippen LogP contribution in [0.1, 0.15) is 13.3 Å². The van der Waals surface area contributed by atoms with E-state index in [2.05, 4.69) is 57.4 Å². The van der Waals surface area contributed by atoms with Crippen LogP contribution >= 0.6 is 22.6 Å². The number of hydrogen-bond donors (Lipinski definition) is 0. The molecule has 0 heterocycles. The van der Waals surface area contributed by atoms with Gasteiger partial charge < -0.3 is 0 Å². The van der Waals surface area contributed by atoms with Crippen LogP contribution in [0.5, 0.6) is 0 Å². The second-order valence-electron chi connectivity index (χ2n) is 3.83. The van der Waals surface area contributed by atoms with Gasteiger partial charge >= 0.3 is 0 Å². The fraction of sp³-hybridized carbons (Fsp3) is 0.750. The van der Waals surface area contributed by atoms with Gasteiger partial charge in [-0.15, -0.1) is 0 Å². The average Bonchev–Trinajstić information content (AvgIpc) is 1.85. The van der Waals surface area contributed by atoms with Crippen molar-refractivity contribution >= 4 is 38.3 Å². The van der Waals surface area contributed by atoms with Crippen LogP contribution in [-0.4, -0.2) is 19.6 Å². The van der Waals surface area contributed by atoms with Crippen molar-refractivity contribution in [3.05, 3.63) is 12.2 Å². The van der Waals surface area contributed by atoms with Crippen LogP contribution in [0.2, 0.25) is 11.6 Å². The lowest BCUT2D eigenvalue weighted by Crippen LogP contribution is -2.20. The van der Waals surface area contributed by atoms with Crippen molar-refractivity contribution in [1.82, 2.24) is 0 Å². The predicted octanol–water partition coefficient (Wildman–Crippen LogP) is 1.23. The Balaban J connectivity index is 2.61. The molecule has 0 saturated heterocycles. The second kappa shape index (κ2) is 4.01. The smallest absolute Gasteiger partial charge is 0.0931 e. The van der Waals surface area contributed by atoms with Crippen LogP contribution in [0, 0.1) is 5.92 Å². The molecule has 0 aromatic carbocycles. The molecular weight excluding hydrogens is 245 g/mol. The molecule has 0 amide bonds. The molecule has 0 spiro atoms. The van der Waals surface area contributed by atoms with Crippen molar-refractivity contribution in [3.8, 4) is 0 Å². The average molecular weight is 260 g/mol. The Hall–Kier alpha value is 0.600. The lowest BCUT2D eigenvalue weighted by molar-refractivity contribution is 0.547. The van der Waals surface area contributed by atoms with E-state index in [1.165, 1.54) is 6.42 Å². The normalized spacial score (nSPS) is 40.4. The van der Waals surface area contributed by atoms with Gasteiger partial charge in [0.15, 0.2) is 0 Å². The van der Waals surface area contributed by atoms with Crippen molar-refractivity contribution in [2.75, 3.05) is 0 Å². The molecule has 1 aliphatic carbocycles. The molecule has 11 heavy (non-hydrogen) atoms. The van der Waals surface area contributed by atoms with Gasteiger partial charge in [-0.05, 0) is 5.92 Å². The summed E-state index contributed by atoms with van der Waals surface area (Å²) in [5, 5.41) is 0. The second-order valence-corrected chi connectivity index (χ2v) is 5.79. The molecule has 1 rings (SSSR count). The van der Waals surface area contributed by atoms with Crippen LogP contribution in [0.4, 0.5) is 0 Å². The molecule has 0 fully saturated rings. The van der Waals surface area contributed by atoms with Crippen LogP contribution in [0.25, 0.3) is 0 Å². The number of rotatable bonds is 1. The van der Waals surface area contributed by atoms with Gasteiger partial charge in [0, 0.05) is 3.92 Å². The van der Waals surface area contributed by atoms with Gasteiger partial charge in [-0.1, -0.05) is 59.7 Å². The molecule has 4 atom stereocenters. The highest BCUT2D eigenvalue weighted by molar-refractivity contribution is 14.1. The monoisotopic (exact) mass is 260 g/mol. The highest BCUT2D eigenvalue weighted by Gasteiger charge is 2.23. The zero-order chi connectivity index (χ0) is 8.43. The van der Waals surface area contributed by atoms with Crippen LogP contribution < -0.4 is 0 Å². The summed E-state index contributed by atoms with van der Waals surface area (Å²) in [4.78, 5) is 0. The zero-order valence-electron chi connectivity index (χ0n) is 7.55. The summed E-state index contributed by atoms with van der Waals surface area (Å²) >= 11 is 2.53. The Morgan fingerprint density at radius 2 is 2.09 bits per heavy atom. The molecule has 60 valence electrons. The molecule has 0 aromatic heterocycles. The molecule has 0 bridgehead atoms. The van der Waals surface area contributed by atoms with E-state index >= 15 is 0 Å². The Bertz CT molecular complexity index is 156. The Morgan fingerprint density at radius 3 is 2.55 bits per heavy atom. The summed E-state index contributed by atoms with van der Waals surface area (Å²) in [7, 11) is 4.68. The summed E-state index contributed by atoms with van der Waals surface area (Å²) < 4.78 is 0.784. The first-order valence-electron chi connectivity index (χ1n) is 4.43. The third kappa shape index (κ3) is 2.53. The van der Waals surface area contributed by atoms with Crippen molar-refractivity contribution in [2.24, 2.45) is 5.92 Å². The fourth-order valence-corrected chi connectivity index (χ4v) is 2.88. The Kier molecular flexibility index (Phi) is 3.53. The topological polar surface area (TPSA) is 0 Å². The summed E-state index contributed by atoms with van der Waals surface area (Å²) in [5.74, 6) is 2.49. The minimum absolute atomic E-state index is 0.784. The molecule has 0 aromatic rings. The summed E-state index contributed by atoms with van der Waals surface area (Å²) in [5.41, 5.74) is 0. The zero-order valence-corrected chi connectivity index (χ0v) is 9.71. The lowest BCUT2D eigenvalue weighted by Gasteiger charge is -2.29. The van der Waals surface area contributed by atoms with Crippen molar-refractivity contribution in [3.63, 3.8) is 0 Å². The highest BCUT2D eigenvalue weighted by Crippen LogP contribution is 2.36. The molecule has 0 aliphatic heterocycles. The quantitative estimate of drug-likeness (QED) is 0.288. The number of halogens is 1. The predicted molar refractivity (Wildman–Crippen MR) is 65.3 cm³/mol. The Morgan fingerprint density at radius 1 is 1.45 bits per heavy atom. The van der Waals surface area contributed by atoms with E-state index in [4.69, 9.17) is 0 Å². The maximum absolute atomic E-state index is 2.53. The maximum atomic E-state index is 2.53. The summed E-state index contributed by atoms with van der Waals surface area (Å²) in [6, 6.07) is 0. The first-order valence-corrected chi connectivity index (χ1v) is 5.68. The standard InChI is InChI=1S/C8H15B2I/c1-5(11)7-3-2-6(9)4-8(7)10/h2-3,5-8H,4,9-10H2,1H3. The van der Waals surface area contributed by atoms with Gasteiger partial charge in [-0.3, -0.25) is 0 Å². The molecule has 0 radical (unpaired) electrons. The SMILES string of the molecule is BC1C=CC(C(C)I)C(B)C1. The molecule has 1 aliphatic rings. The molecule has 0 N–H and O–H groups in total. The minimum atomic E-state index is 0.784. The maximum Gasteiger partial charge on any atom is 0.110 e. The van der Waals surface area contributed by atoms with E-state index in [-0.39, 0.29) is 0 Å². The lowest BCUT2D eigenvalue weighted by atomic mass is 9.63. The van der Waals surface area contributed by atoms with Crippen molar-refractivity contribution in [2.45, 2.75) is 28.9 Å². The summed E-state index contributed by atoms with van der Waals surface area (Å²) in [6.07, 6.45) is 6.16. The van der Waals surface area contributed by atoms with E-state index in [0.29, 0.717) is 0 Å². The molecule has 3 heteroatoms. The first kappa shape index (κ1) is 9.69. The van der Waals surface area contributed by atoms with Crippen LogP contribution in [-0.2, 0) is 0 Å². The van der Waals surface area contributed by atoms with Gasteiger partial charge in [-0.2, -0.15) is 0 Å². The van der Waals surface area contributed by atoms with Crippen LogP contribution in [0.15, 0.2) is 12.2 Å². The third-order valence-electron chi connectivity index (χ3n) is 2.59. The van der Waals surface area contributed by atoms with Gasteiger partial charge in [-0.25, -0.2) is 0 Å². The van der Waals surface area contributed by atoms with E-state index in [1.54, 1.807) is 0 Å². The number of allylic oxidation sites excluding steroid dienone is 2. The molecular formula is C8H15B2I. The van der Waals surface area contributed by atoms with Gasteiger partial charge in [0.1, 0.15) is 15.7 Å². The van der Waals surface area contributed by atoms with E-state index in [1.807, 2.05) is 0 Å². The molecule has 4 unspecified atom stereocenters. The minimum Gasteiger partial charge on any atom is -0.0931 e. The number of hydrogen-bond acceptors (Lipinski definition) is 0. The molecule has 0 nitrogen and oxygen atoms in total. The van der Waals surface area contributed by atoms with E-state index < -0.39 is 0 Å². The van der Waals surface area contributed by atoms with Crippen LogP contribution in [0.3, 0.4) is 0 Å². The van der Waals surface area contributed by atoms with Gasteiger partial charge in [0.25, 0.3) is 0 Å².